The molecule has 1 aliphatic heterocycles. The van der Waals surface area contributed by atoms with E-state index in [-0.39, 0.29) is 17.9 Å². The molecule has 0 spiro atoms. The Balaban J connectivity index is 1.58. The van der Waals surface area contributed by atoms with Crippen LogP contribution in [0.5, 0.6) is 0 Å². The van der Waals surface area contributed by atoms with E-state index in [9.17, 15) is 9.59 Å². The minimum Gasteiger partial charge on any atom is -0.326 e. The van der Waals surface area contributed by atoms with E-state index >= 15 is 0 Å². The highest BCUT2D eigenvalue weighted by Crippen LogP contribution is 2.20. The van der Waals surface area contributed by atoms with E-state index in [0.29, 0.717) is 13.1 Å². The quantitative estimate of drug-likeness (QED) is 0.870. The lowest BCUT2D eigenvalue weighted by Crippen LogP contribution is -2.45. The molecule has 5 nitrogen and oxygen atoms in total. The first-order chi connectivity index (χ1) is 12.7. The maximum atomic E-state index is 12.6. The SMILES string of the molecule is CCc1cccc(NC(=O)[C@@H]2CCCN(C(=O)Nc3ccccc3)C2)c1. The second-order valence-corrected chi connectivity index (χ2v) is 6.62. The Kier molecular flexibility index (Phi) is 5.89. The Morgan fingerprint density at radius 2 is 1.81 bits per heavy atom. The lowest BCUT2D eigenvalue weighted by atomic mass is 9.97. The number of para-hydroxylation sites is 1. The van der Waals surface area contributed by atoms with Crippen LogP contribution >= 0.6 is 0 Å². The second kappa shape index (κ2) is 8.52. The molecule has 1 aliphatic rings. The van der Waals surface area contributed by atoms with E-state index in [1.807, 2.05) is 54.6 Å². The van der Waals surface area contributed by atoms with E-state index in [1.165, 1.54) is 5.56 Å². The lowest BCUT2D eigenvalue weighted by Gasteiger charge is -2.32. The summed E-state index contributed by atoms with van der Waals surface area (Å²) in [5.74, 6) is -0.203. The molecule has 3 amide bonds. The standard InChI is InChI=1S/C21H25N3O2/c1-2-16-8-6-12-19(14-16)22-20(25)17-9-7-13-24(15-17)21(26)23-18-10-4-3-5-11-18/h3-6,8,10-12,14,17H,2,7,9,13,15H2,1H3,(H,22,25)(H,23,26)/t17-/m1/s1. The Hall–Kier alpha value is -2.82. The third-order valence-electron chi connectivity index (χ3n) is 4.71. The van der Waals surface area contributed by atoms with Gasteiger partial charge in [-0.3, -0.25) is 4.79 Å². The minimum atomic E-state index is -0.185. The summed E-state index contributed by atoms with van der Waals surface area (Å²) < 4.78 is 0. The van der Waals surface area contributed by atoms with Gasteiger partial charge in [0, 0.05) is 24.5 Å². The first-order valence-corrected chi connectivity index (χ1v) is 9.16. The number of amides is 3. The van der Waals surface area contributed by atoms with Crippen LogP contribution in [0, 0.1) is 5.92 Å². The Morgan fingerprint density at radius 3 is 2.58 bits per heavy atom. The zero-order valence-corrected chi connectivity index (χ0v) is 15.1. The molecule has 0 unspecified atom stereocenters. The molecule has 0 aliphatic carbocycles. The highest BCUT2D eigenvalue weighted by atomic mass is 16.2. The van der Waals surface area contributed by atoms with Gasteiger partial charge in [0.2, 0.25) is 5.91 Å². The number of piperidine rings is 1. The van der Waals surface area contributed by atoms with Gasteiger partial charge in [0.15, 0.2) is 0 Å². The summed E-state index contributed by atoms with van der Waals surface area (Å²) in [7, 11) is 0. The zero-order chi connectivity index (χ0) is 18.4. The number of nitrogens with one attached hydrogen (secondary N) is 2. The van der Waals surface area contributed by atoms with Gasteiger partial charge in [-0.25, -0.2) is 4.79 Å². The van der Waals surface area contributed by atoms with Crippen LogP contribution in [0.4, 0.5) is 16.2 Å². The summed E-state index contributed by atoms with van der Waals surface area (Å²) in [6.07, 6.45) is 2.56. The Bertz CT molecular complexity index is 761. The number of hydrogen-bond acceptors (Lipinski definition) is 2. The molecular formula is C21H25N3O2. The molecule has 2 aromatic rings. The van der Waals surface area contributed by atoms with E-state index in [0.717, 1.165) is 30.6 Å². The monoisotopic (exact) mass is 351 g/mol. The van der Waals surface area contributed by atoms with E-state index in [2.05, 4.69) is 17.6 Å². The van der Waals surface area contributed by atoms with Crippen LogP contribution in [-0.2, 0) is 11.2 Å². The van der Waals surface area contributed by atoms with E-state index in [1.54, 1.807) is 4.90 Å². The minimum absolute atomic E-state index is 0.0181. The fourth-order valence-electron chi connectivity index (χ4n) is 3.21. The molecule has 0 saturated carbocycles. The van der Waals surface area contributed by atoms with Gasteiger partial charge in [-0.2, -0.15) is 0 Å². The van der Waals surface area contributed by atoms with Crippen molar-refractivity contribution in [2.75, 3.05) is 23.7 Å². The highest BCUT2D eigenvalue weighted by Gasteiger charge is 2.28. The number of carbonyl (C=O) groups excluding carboxylic acids is 2. The molecule has 1 atom stereocenters. The molecule has 0 radical (unpaired) electrons. The first-order valence-electron chi connectivity index (χ1n) is 9.16. The van der Waals surface area contributed by atoms with Crippen molar-refractivity contribution in [1.82, 2.24) is 4.90 Å². The number of hydrogen-bond donors (Lipinski definition) is 2. The molecule has 1 fully saturated rings. The van der Waals surface area contributed by atoms with Crippen LogP contribution < -0.4 is 10.6 Å². The molecule has 1 saturated heterocycles. The third-order valence-corrected chi connectivity index (χ3v) is 4.71. The second-order valence-electron chi connectivity index (χ2n) is 6.62. The largest absolute Gasteiger partial charge is 0.326 e. The number of likely N-dealkylation sites (tertiary alicyclic amines) is 1. The first kappa shape index (κ1) is 18.0. The van der Waals surface area contributed by atoms with Gasteiger partial charge in [-0.15, -0.1) is 0 Å². The van der Waals surface area contributed by atoms with Gasteiger partial charge in [0.05, 0.1) is 5.92 Å². The molecule has 5 heteroatoms. The molecule has 2 aromatic carbocycles. The van der Waals surface area contributed by atoms with Crippen LogP contribution in [0.15, 0.2) is 54.6 Å². The Morgan fingerprint density at radius 1 is 1.04 bits per heavy atom. The number of carbonyl (C=O) groups is 2. The van der Waals surface area contributed by atoms with Crippen LogP contribution in [0.25, 0.3) is 0 Å². The zero-order valence-electron chi connectivity index (χ0n) is 15.1. The molecule has 2 N–H and O–H groups in total. The third kappa shape index (κ3) is 4.63. The average Bonchev–Trinajstić information content (AvgIpc) is 2.69. The fraction of sp³-hybridized carbons (Fsp3) is 0.333. The summed E-state index contributed by atoms with van der Waals surface area (Å²) in [6, 6.07) is 17.1. The number of urea groups is 1. The van der Waals surface area contributed by atoms with Gasteiger partial charge in [0.25, 0.3) is 0 Å². The Labute approximate surface area is 154 Å². The number of rotatable bonds is 4. The number of benzene rings is 2. The number of anilines is 2. The molecule has 3 rings (SSSR count). The van der Waals surface area contributed by atoms with Crippen molar-refractivity contribution in [2.45, 2.75) is 26.2 Å². The average molecular weight is 351 g/mol. The molecule has 1 heterocycles. The normalized spacial score (nSPS) is 16.8. The lowest BCUT2D eigenvalue weighted by molar-refractivity contribution is -0.121. The van der Waals surface area contributed by atoms with Gasteiger partial charge < -0.3 is 15.5 Å². The predicted molar refractivity (Wildman–Crippen MR) is 104 cm³/mol. The van der Waals surface area contributed by atoms with Gasteiger partial charge in [-0.1, -0.05) is 37.3 Å². The van der Waals surface area contributed by atoms with Gasteiger partial charge in [0.1, 0.15) is 0 Å². The van der Waals surface area contributed by atoms with Crippen molar-refractivity contribution in [3.05, 3.63) is 60.2 Å². The van der Waals surface area contributed by atoms with Crippen LogP contribution in [0.2, 0.25) is 0 Å². The maximum absolute atomic E-state index is 12.6. The fourth-order valence-corrected chi connectivity index (χ4v) is 3.21. The van der Waals surface area contributed by atoms with Gasteiger partial charge in [-0.05, 0) is 49.1 Å². The molecule has 0 bridgehead atoms. The molecule has 26 heavy (non-hydrogen) atoms. The van der Waals surface area contributed by atoms with E-state index in [4.69, 9.17) is 0 Å². The summed E-state index contributed by atoms with van der Waals surface area (Å²) in [4.78, 5) is 26.8. The van der Waals surface area contributed by atoms with E-state index < -0.39 is 0 Å². The maximum Gasteiger partial charge on any atom is 0.321 e. The predicted octanol–water partition coefficient (Wildman–Crippen LogP) is 4.13. The summed E-state index contributed by atoms with van der Waals surface area (Å²) in [5, 5.41) is 5.89. The highest BCUT2D eigenvalue weighted by molar-refractivity contribution is 5.94. The van der Waals surface area contributed by atoms with Crippen LogP contribution in [-0.4, -0.2) is 29.9 Å². The van der Waals surface area contributed by atoms with Crippen molar-refractivity contribution in [1.29, 1.82) is 0 Å². The molecule has 0 aromatic heterocycles. The topological polar surface area (TPSA) is 61.4 Å². The molecular weight excluding hydrogens is 326 g/mol. The number of nitrogens with zero attached hydrogens (tertiary/aromatic N) is 1. The van der Waals surface area contributed by atoms with Crippen molar-refractivity contribution in [3.63, 3.8) is 0 Å². The number of aryl methyl sites for hydroxylation is 1. The van der Waals surface area contributed by atoms with Gasteiger partial charge >= 0.3 is 6.03 Å². The van der Waals surface area contributed by atoms with Crippen LogP contribution in [0.3, 0.4) is 0 Å². The summed E-state index contributed by atoms with van der Waals surface area (Å²) in [6.45, 7) is 3.21. The molecule has 136 valence electrons. The van der Waals surface area contributed by atoms with Crippen molar-refractivity contribution in [2.24, 2.45) is 5.92 Å². The van der Waals surface area contributed by atoms with Crippen LogP contribution in [0.1, 0.15) is 25.3 Å². The van der Waals surface area contributed by atoms with Crippen molar-refractivity contribution >= 4 is 23.3 Å². The summed E-state index contributed by atoms with van der Waals surface area (Å²) >= 11 is 0. The smallest absolute Gasteiger partial charge is 0.321 e. The van der Waals surface area contributed by atoms with Crippen molar-refractivity contribution < 1.29 is 9.59 Å². The van der Waals surface area contributed by atoms with Crippen molar-refractivity contribution in [3.8, 4) is 0 Å². The summed E-state index contributed by atoms with van der Waals surface area (Å²) in [5.41, 5.74) is 2.77.